The highest BCUT2D eigenvalue weighted by Gasteiger charge is 2.46. The third-order valence-electron chi connectivity index (χ3n) is 5.93. The molecule has 5 rings (SSSR count). The zero-order valence-corrected chi connectivity index (χ0v) is 19.7. The van der Waals surface area contributed by atoms with Crippen molar-refractivity contribution < 1.29 is 19.4 Å². The van der Waals surface area contributed by atoms with Gasteiger partial charge >= 0.3 is 6.03 Å². The first kappa shape index (κ1) is 22.7. The van der Waals surface area contributed by atoms with E-state index < -0.39 is 17.5 Å². The highest BCUT2D eigenvalue weighted by Crippen LogP contribution is 2.32. The van der Waals surface area contributed by atoms with Gasteiger partial charge in [-0.05, 0) is 18.2 Å². The zero-order valence-electron chi connectivity index (χ0n) is 18.9. The molecule has 12 heteroatoms. The summed E-state index contributed by atoms with van der Waals surface area (Å²) in [5.74, 6) is 8.28. The van der Waals surface area contributed by atoms with E-state index in [-0.39, 0.29) is 18.2 Å². The minimum Gasteiger partial charge on any atom is -0.497 e. The number of methoxy groups -OCH3 is 1. The molecule has 0 aliphatic carbocycles. The van der Waals surface area contributed by atoms with Crippen molar-refractivity contribution in [3.05, 3.63) is 36.2 Å². The monoisotopic (exact) mass is 493 g/mol. The summed E-state index contributed by atoms with van der Waals surface area (Å²) in [6.45, 7) is 1.54. The number of benzene rings is 1. The first-order valence-corrected chi connectivity index (χ1v) is 12.0. The molecular formula is C23H23N7O4S. The van der Waals surface area contributed by atoms with E-state index in [2.05, 4.69) is 37.3 Å². The molecule has 2 aliphatic rings. The fourth-order valence-corrected chi connectivity index (χ4v) is 4.93. The van der Waals surface area contributed by atoms with Gasteiger partial charge in [-0.1, -0.05) is 11.8 Å². The molecule has 3 aromatic rings. The van der Waals surface area contributed by atoms with Crippen molar-refractivity contribution in [3.8, 4) is 23.5 Å². The number of ether oxygens (including phenoxy) is 1. The molecule has 2 saturated heterocycles. The summed E-state index contributed by atoms with van der Waals surface area (Å²) in [4.78, 5) is 35.7. The molecular weight excluding hydrogens is 470 g/mol. The summed E-state index contributed by atoms with van der Waals surface area (Å²) in [5.41, 5.74) is 4.84. The number of nitrogens with zero attached hydrogens (tertiary/aromatic N) is 4. The van der Waals surface area contributed by atoms with Gasteiger partial charge in [0.05, 0.1) is 25.4 Å². The number of hydrogen-bond donors (Lipinski definition) is 4. The van der Waals surface area contributed by atoms with E-state index in [0.29, 0.717) is 22.6 Å². The van der Waals surface area contributed by atoms with E-state index in [4.69, 9.17) is 10.5 Å². The van der Waals surface area contributed by atoms with Gasteiger partial charge in [-0.15, -0.1) is 0 Å². The number of nitrogens with one attached hydrogen (secondary N) is 2. The van der Waals surface area contributed by atoms with Crippen molar-refractivity contribution in [1.29, 1.82) is 0 Å². The number of nitrogens with two attached hydrogens (primary N) is 1. The van der Waals surface area contributed by atoms with Crippen LogP contribution in [0.2, 0.25) is 0 Å². The summed E-state index contributed by atoms with van der Waals surface area (Å²) >= 11 is 1.88. The fraction of sp³-hybridized carbons (Fsp3) is 0.304. The number of aromatic hydroxyl groups is 1. The number of urea groups is 1. The molecule has 5 N–H and O–H groups in total. The maximum Gasteiger partial charge on any atom is 0.323 e. The number of rotatable bonds is 4. The Morgan fingerprint density at radius 1 is 1.31 bits per heavy atom. The van der Waals surface area contributed by atoms with Crippen molar-refractivity contribution in [2.24, 2.45) is 0 Å². The van der Waals surface area contributed by atoms with Crippen LogP contribution in [0.3, 0.4) is 0 Å². The number of carbonyl (C=O) groups excluding carboxylic acids is 2. The van der Waals surface area contributed by atoms with Crippen LogP contribution in [-0.4, -0.2) is 68.8 Å². The smallest absolute Gasteiger partial charge is 0.323 e. The molecule has 180 valence electrons. The molecule has 3 amide bonds. The first-order valence-electron chi connectivity index (χ1n) is 10.9. The summed E-state index contributed by atoms with van der Waals surface area (Å²) in [6.07, 6.45) is 3.19. The van der Waals surface area contributed by atoms with E-state index in [1.54, 1.807) is 24.4 Å². The number of carbonyl (C=O) groups is 2. The average Bonchev–Trinajstić information content (AvgIpc) is 3.32. The SMILES string of the molecule is COc1ccc2cn(C[C@@]3(C#Cc4cnc(N5CCSCC5)nc4N)NC(=O)NC3=O)c(O)c2c1. The Bertz CT molecular complexity index is 1390. The molecule has 4 heterocycles. The second kappa shape index (κ2) is 8.92. The van der Waals surface area contributed by atoms with Gasteiger partial charge in [0.1, 0.15) is 11.6 Å². The Balaban J connectivity index is 1.48. The number of amides is 3. The summed E-state index contributed by atoms with van der Waals surface area (Å²) < 4.78 is 6.68. The first-order chi connectivity index (χ1) is 16.9. The van der Waals surface area contributed by atoms with Crippen LogP contribution in [-0.2, 0) is 11.3 Å². The van der Waals surface area contributed by atoms with Crippen LogP contribution in [0.15, 0.2) is 30.6 Å². The largest absolute Gasteiger partial charge is 0.497 e. The second-order valence-corrected chi connectivity index (χ2v) is 9.39. The van der Waals surface area contributed by atoms with Crippen molar-refractivity contribution in [3.63, 3.8) is 0 Å². The van der Waals surface area contributed by atoms with Crippen molar-refractivity contribution in [1.82, 2.24) is 25.2 Å². The van der Waals surface area contributed by atoms with Crippen LogP contribution in [0.5, 0.6) is 11.6 Å². The van der Waals surface area contributed by atoms with Gasteiger partial charge in [-0.2, -0.15) is 16.7 Å². The van der Waals surface area contributed by atoms with Crippen LogP contribution in [0, 0.1) is 11.8 Å². The molecule has 0 unspecified atom stereocenters. The van der Waals surface area contributed by atoms with E-state index in [1.807, 2.05) is 11.8 Å². The van der Waals surface area contributed by atoms with Gasteiger partial charge in [0, 0.05) is 41.6 Å². The fourth-order valence-electron chi connectivity index (χ4n) is 4.03. The Morgan fingerprint density at radius 3 is 2.80 bits per heavy atom. The Labute approximate surface area is 205 Å². The van der Waals surface area contributed by atoms with Gasteiger partial charge in [-0.25, -0.2) is 9.78 Å². The quantitative estimate of drug-likeness (QED) is 0.307. The highest BCUT2D eigenvalue weighted by molar-refractivity contribution is 7.99. The van der Waals surface area contributed by atoms with Gasteiger partial charge in [-0.3, -0.25) is 10.1 Å². The lowest BCUT2D eigenvalue weighted by Gasteiger charge is -2.26. The number of hydrogen-bond acceptors (Lipinski definition) is 9. The Morgan fingerprint density at radius 2 is 2.11 bits per heavy atom. The maximum absolute atomic E-state index is 12.8. The predicted octanol–water partition coefficient (Wildman–Crippen LogP) is 0.911. The van der Waals surface area contributed by atoms with Crippen LogP contribution in [0.4, 0.5) is 16.6 Å². The number of imide groups is 1. The molecule has 0 saturated carbocycles. The molecule has 1 aromatic carbocycles. The molecule has 11 nitrogen and oxygen atoms in total. The molecule has 2 aromatic heterocycles. The lowest BCUT2D eigenvalue weighted by atomic mass is 10.00. The molecule has 0 spiro atoms. The minimum absolute atomic E-state index is 0.0825. The number of nitrogen functional groups attached to an aromatic ring is 1. The van der Waals surface area contributed by atoms with Crippen molar-refractivity contribution in [2.75, 3.05) is 42.3 Å². The Hall–Kier alpha value is -4.11. The third-order valence-corrected chi connectivity index (χ3v) is 6.87. The standard InChI is InChI=1S/C23H23N7O4S/c1-34-16-3-2-15-12-30(19(31)17(15)10-16)13-23(20(32)27-22(33)28-23)5-4-14-11-25-21(26-18(14)24)29-6-8-35-9-7-29/h2-3,10-12,31H,6-9,13H2,1H3,(H2,24,25,26)(H2,27,28,32,33)/t23-/m1/s1. The zero-order chi connectivity index (χ0) is 24.6. The molecule has 0 radical (unpaired) electrons. The Kier molecular flexibility index (Phi) is 5.78. The summed E-state index contributed by atoms with van der Waals surface area (Å²) in [5, 5.41) is 16.9. The molecule has 2 aliphatic heterocycles. The van der Waals surface area contributed by atoms with Gasteiger partial charge < -0.3 is 30.4 Å². The number of thioether (sulfide) groups is 1. The maximum atomic E-state index is 12.8. The summed E-state index contributed by atoms with van der Waals surface area (Å²) in [7, 11) is 1.53. The normalized spacial score (nSPS) is 19.7. The van der Waals surface area contributed by atoms with Crippen molar-refractivity contribution >= 4 is 46.2 Å². The van der Waals surface area contributed by atoms with Crippen LogP contribution in [0.1, 0.15) is 5.56 Å². The number of fused-ring (bicyclic) bond motifs is 1. The van der Waals surface area contributed by atoms with Crippen LogP contribution in [0.25, 0.3) is 10.8 Å². The van der Waals surface area contributed by atoms with E-state index in [0.717, 1.165) is 30.0 Å². The predicted molar refractivity (Wildman–Crippen MR) is 132 cm³/mol. The van der Waals surface area contributed by atoms with E-state index in [9.17, 15) is 14.7 Å². The average molecular weight is 494 g/mol. The number of anilines is 2. The molecule has 1 atom stereocenters. The molecule has 2 fully saturated rings. The minimum atomic E-state index is -1.64. The third kappa shape index (κ3) is 4.26. The summed E-state index contributed by atoms with van der Waals surface area (Å²) in [6, 6.07) is 4.56. The lowest BCUT2D eigenvalue weighted by Crippen LogP contribution is -2.49. The topological polar surface area (TPSA) is 148 Å². The van der Waals surface area contributed by atoms with E-state index >= 15 is 0 Å². The van der Waals surface area contributed by atoms with Gasteiger partial charge in [0.2, 0.25) is 11.5 Å². The van der Waals surface area contributed by atoms with Gasteiger partial charge in [0.15, 0.2) is 5.88 Å². The van der Waals surface area contributed by atoms with Crippen molar-refractivity contribution in [2.45, 2.75) is 12.1 Å². The van der Waals surface area contributed by atoms with E-state index in [1.165, 1.54) is 17.9 Å². The molecule has 0 bridgehead atoms. The highest BCUT2D eigenvalue weighted by atomic mass is 32.2. The number of aromatic nitrogens is 3. The van der Waals surface area contributed by atoms with Crippen LogP contribution >= 0.6 is 11.8 Å². The lowest BCUT2D eigenvalue weighted by molar-refractivity contribution is -0.122. The van der Waals surface area contributed by atoms with Crippen LogP contribution < -0.4 is 26.0 Å². The molecule has 35 heavy (non-hydrogen) atoms. The van der Waals surface area contributed by atoms with Gasteiger partial charge in [0.25, 0.3) is 5.91 Å². The second-order valence-electron chi connectivity index (χ2n) is 8.17.